The highest BCUT2D eigenvalue weighted by Gasteiger charge is 2.32. The van der Waals surface area contributed by atoms with Crippen LogP contribution >= 0.6 is 12.4 Å². The van der Waals surface area contributed by atoms with Gasteiger partial charge >= 0.3 is 6.18 Å². The zero-order valence-electron chi connectivity index (χ0n) is 11.0. The van der Waals surface area contributed by atoms with Gasteiger partial charge in [-0.1, -0.05) is 0 Å². The molecule has 1 aliphatic heterocycles. The van der Waals surface area contributed by atoms with E-state index in [1.807, 2.05) is 0 Å². The molecule has 0 radical (unpaired) electrons. The summed E-state index contributed by atoms with van der Waals surface area (Å²) in [5, 5.41) is 5.68. The molecule has 1 aromatic carbocycles. The van der Waals surface area contributed by atoms with Gasteiger partial charge in [-0.2, -0.15) is 13.2 Å². The Bertz CT molecular complexity index is 501. The number of piperidine rings is 1. The first-order chi connectivity index (χ1) is 9.36. The molecule has 0 aromatic heterocycles. The number of hydrogen-bond acceptors (Lipinski definition) is 2. The number of hydrogen-bond donors (Lipinski definition) is 2. The van der Waals surface area contributed by atoms with Gasteiger partial charge in [0.25, 0.3) is 5.91 Å². The second kappa shape index (κ2) is 7.09. The first kappa shape index (κ1) is 17.7. The van der Waals surface area contributed by atoms with Crippen LogP contribution in [0.25, 0.3) is 0 Å². The van der Waals surface area contributed by atoms with E-state index in [-0.39, 0.29) is 24.0 Å². The summed E-state index contributed by atoms with van der Waals surface area (Å²) in [7, 11) is 0. The summed E-state index contributed by atoms with van der Waals surface area (Å²) in [6.07, 6.45) is -3.05. The minimum atomic E-state index is -4.68. The molecule has 1 unspecified atom stereocenters. The molecule has 8 heteroatoms. The second-order valence-electron chi connectivity index (χ2n) is 4.74. The SMILES string of the molecule is Cl.O=C(NC1CCCNC1)c1cc(F)cc(C(F)(F)F)c1. The summed E-state index contributed by atoms with van der Waals surface area (Å²) in [6, 6.07) is 1.70. The lowest BCUT2D eigenvalue weighted by Gasteiger charge is -2.24. The van der Waals surface area contributed by atoms with Gasteiger partial charge in [0.05, 0.1) is 5.56 Å². The van der Waals surface area contributed by atoms with Gasteiger partial charge in [-0.25, -0.2) is 4.39 Å². The van der Waals surface area contributed by atoms with E-state index < -0.39 is 23.5 Å². The van der Waals surface area contributed by atoms with Crippen LogP contribution in [-0.4, -0.2) is 25.0 Å². The third kappa shape index (κ3) is 4.86. The fourth-order valence-corrected chi connectivity index (χ4v) is 2.13. The Morgan fingerprint density at radius 2 is 2.00 bits per heavy atom. The zero-order valence-corrected chi connectivity index (χ0v) is 11.8. The molecule has 3 nitrogen and oxygen atoms in total. The van der Waals surface area contributed by atoms with Crippen molar-refractivity contribution in [3.63, 3.8) is 0 Å². The smallest absolute Gasteiger partial charge is 0.348 e. The number of carbonyl (C=O) groups is 1. The zero-order chi connectivity index (χ0) is 14.8. The molecule has 0 saturated carbocycles. The molecule has 0 aliphatic carbocycles. The summed E-state index contributed by atoms with van der Waals surface area (Å²) in [5.41, 5.74) is -1.48. The van der Waals surface area contributed by atoms with E-state index in [9.17, 15) is 22.4 Å². The van der Waals surface area contributed by atoms with E-state index in [4.69, 9.17) is 0 Å². The van der Waals surface area contributed by atoms with Gasteiger partial charge in [-0.15, -0.1) is 12.4 Å². The second-order valence-corrected chi connectivity index (χ2v) is 4.74. The predicted molar refractivity (Wildman–Crippen MR) is 72.0 cm³/mol. The van der Waals surface area contributed by atoms with Crippen LogP contribution < -0.4 is 10.6 Å². The van der Waals surface area contributed by atoms with Crippen molar-refractivity contribution in [1.29, 1.82) is 0 Å². The van der Waals surface area contributed by atoms with Gasteiger partial charge in [0, 0.05) is 18.2 Å². The molecule has 1 atom stereocenters. The van der Waals surface area contributed by atoms with Crippen LogP contribution in [0.4, 0.5) is 17.6 Å². The van der Waals surface area contributed by atoms with E-state index in [0.717, 1.165) is 25.5 Å². The standard InChI is InChI=1S/C13H14F4N2O.ClH/c14-10-5-8(4-9(6-10)13(15,16)17)12(20)19-11-2-1-3-18-7-11;/h4-6,11,18H,1-3,7H2,(H,19,20);1H. The fraction of sp³-hybridized carbons (Fsp3) is 0.462. The third-order valence-electron chi connectivity index (χ3n) is 3.12. The van der Waals surface area contributed by atoms with E-state index >= 15 is 0 Å². The Labute approximate surface area is 125 Å². The average molecular weight is 327 g/mol. The largest absolute Gasteiger partial charge is 0.416 e. The van der Waals surface area contributed by atoms with E-state index in [2.05, 4.69) is 10.6 Å². The maximum Gasteiger partial charge on any atom is 0.416 e. The Hall–Kier alpha value is -1.34. The highest BCUT2D eigenvalue weighted by Crippen LogP contribution is 2.30. The van der Waals surface area contributed by atoms with Crippen LogP contribution in [0.3, 0.4) is 0 Å². The maximum absolute atomic E-state index is 13.2. The van der Waals surface area contributed by atoms with Crippen LogP contribution in [0.15, 0.2) is 18.2 Å². The van der Waals surface area contributed by atoms with Gasteiger partial charge in [0.1, 0.15) is 5.82 Å². The Kier molecular flexibility index (Phi) is 5.98. The van der Waals surface area contributed by atoms with Crippen molar-refractivity contribution in [2.75, 3.05) is 13.1 Å². The number of amides is 1. The van der Waals surface area contributed by atoms with Crippen LogP contribution in [0.1, 0.15) is 28.8 Å². The molecule has 2 N–H and O–H groups in total. The number of nitrogens with one attached hydrogen (secondary N) is 2. The quantitative estimate of drug-likeness (QED) is 0.821. The summed E-state index contributed by atoms with van der Waals surface area (Å²) in [4.78, 5) is 11.9. The van der Waals surface area contributed by atoms with E-state index in [1.54, 1.807) is 0 Å². The molecule has 0 bridgehead atoms. The van der Waals surface area contributed by atoms with Gasteiger partial charge < -0.3 is 10.6 Å². The molecule has 1 aliphatic rings. The van der Waals surface area contributed by atoms with Crippen molar-refractivity contribution in [3.8, 4) is 0 Å². The van der Waals surface area contributed by atoms with Crippen molar-refractivity contribution in [1.82, 2.24) is 10.6 Å². The first-order valence-corrected chi connectivity index (χ1v) is 6.25. The molecule has 1 amide bonds. The monoisotopic (exact) mass is 326 g/mol. The number of halogens is 5. The lowest BCUT2D eigenvalue weighted by molar-refractivity contribution is -0.137. The number of carbonyl (C=O) groups excluding carboxylic acids is 1. The Balaban J connectivity index is 0.00000220. The predicted octanol–water partition coefficient (Wildman–Crippen LogP) is 2.75. The first-order valence-electron chi connectivity index (χ1n) is 6.25. The van der Waals surface area contributed by atoms with Gasteiger partial charge in [-0.3, -0.25) is 4.79 Å². The Morgan fingerprint density at radius 3 is 2.57 bits per heavy atom. The molecule has 1 fully saturated rings. The molecule has 1 aromatic rings. The van der Waals surface area contributed by atoms with Crippen molar-refractivity contribution in [2.45, 2.75) is 25.1 Å². The Morgan fingerprint density at radius 1 is 1.29 bits per heavy atom. The summed E-state index contributed by atoms with van der Waals surface area (Å²) in [5.74, 6) is -1.77. The van der Waals surface area contributed by atoms with Gasteiger partial charge in [-0.05, 0) is 37.6 Å². The maximum atomic E-state index is 13.2. The fourth-order valence-electron chi connectivity index (χ4n) is 2.13. The highest BCUT2D eigenvalue weighted by molar-refractivity contribution is 5.94. The average Bonchev–Trinajstić information content (AvgIpc) is 2.38. The molecule has 2 rings (SSSR count). The number of alkyl halides is 3. The highest BCUT2D eigenvalue weighted by atomic mass is 35.5. The molecule has 118 valence electrons. The van der Waals surface area contributed by atoms with Gasteiger partial charge in [0.2, 0.25) is 0 Å². The molecular formula is C13H15ClF4N2O. The normalized spacial score (nSPS) is 18.8. The van der Waals surface area contributed by atoms with E-state index in [1.165, 1.54) is 0 Å². The van der Waals surface area contributed by atoms with Crippen molar-refractivity contribution in [3.05, 3.63) is 35.1 Å². The summed E-state index contributed by atoms with van der Waals surface area (Å²) in [6.45, 7) is 1.41. The van der Waals surface area contributed by atoms with Crippen molar-refractivity contribution in [2.24, 2.45) is 0 Å². The molecule has 1 saturated heterocycles. The topological polar surface area (TPSA) is 41.1 Å². The molecule has 21 heavy (non-hydrogen) atoms. The summed E-state index contributed by atoms with van der Waals surface area (Å²) >= 11 is 0. The number of rotatable bonds is 2. The lowest BCUT2D eigenvalue weighted by atomic mass is 10.1. The van der Waals surface area contributed by atoms with Crippen LogP contribution in [-0.2, 0) is 6.18 Å². The van der Waals surface area contributed by atoms with Crippen LogP contribution in [0.5, 0.6) is 0 Å². The van der Waals surface area contributed by atoms with E-state index in [0.29, 0.717) is 18.7 Å². The molecule has 0 spiro atoms. The minimum absolute atomic E-state index is 0. The van der Waals surface area contributed by atoms with Crippen LogP contribution in [0, 0.1) is 5.82 Å². The van der Waals surface area contributed by atoms with Crippen LogP contribution in [0.2, 0.25) is 0 Å². The van der Waals surface area contributed by atoms with Crippen molar-refractivity contribution < 1.29 is 22.4 Å². The van der Waals surface area contributed by atoms with Gasteiger partial charge in [0.15, 0.2) is 0 Å². The van der Waals surface area contributed by atoms with Crippen molar-refractivity contribution >= 4 is 18.3 Å². The molecule has 1 heterocycles. The molecular weight excluding hydrogens is 312 g/mol. The summed E-state index contributed by atoms with van der Waals surface area (Å²) < 4.78 is 50.9. The lowest BCUT2D eigenvalue weighted by Crippen LogP contribution is -2.45. The minimum Gasteiger partial charge on any atom is -0.348 e. The number of benzene rings is 1. The third-order valence-corrected chi connectivity index (χ3v) is 3.12.